The average Bonchev–Trinajstić information content (AvgIpc) is 2.77. The lowest BCUT2D eigenvalue weighted by molar-refractivity contribution is -0.141. The third kappa shape index (κ3) is 6.48. The lowest BCUT2D eigenvalue weighted by atomic mass is 10.2. The number of carbonyl (C=O) groups excluding carboxylic acids is 1. The van der Waals surface area contributed by atoms with Gasteiger partial charge in [-0.15, -0.1) is 0 Å². The third-order valence-electron chi connectivity index (χ3n) is 4.09. The molecule has 1 amide bonds. The molecule has 3 rings (SSSR count). The topological polar surface area (TPSA) is 76.1 Å². The molecule has 1 aromatic heterocycles. The molecule has 0 fully saturated rings. The zero-order valence-corrected chi connectivity index (χ0v) is 17.8. The van der Waals surface area contributed by atoms with Crippen molar-refractivity contribution in [2.24, 2.45) is 0 Å². The second-order valence-corrected chi connectivity index (χ2v) is 7.40. The Kier molecular flexibility index (Phi) is 7.37. The molecule has 3 aromatic rings. The molecular weight excluding hydrogens is 441 g/mol. The van der Waals surface area contributed by atoms with Crippen molar-refractivity contribution in [2.45, 2.75) is 17.1 Å². The van der Waals surface area contributed by atoms with Gasteiger partial charge >= 0.3 is 6.18 Å². The number of ether oxygens (including phenoxy) is 1. The van der Waals surface area contributed by atoms with Crippen LogP contribution in [-0.2, 0) is 16.7 Å². The summed E-state index contributed by atoms with van der Waals surface area (Å²) in [6, 6.07) is 14.5. The predicted octanol–water partition coefficient (Wildman–Crippen LogP) is 5.66. The van der Waals surface area contributed by atoms with Crippen molar-refractivity contribution in [2.75, 3.05) is 17.7 Å². The molecule has 0 aliphatic rings. The summed E-state index contributed by atoms with van der Waals surface area (Å²) in [6.45, 7) is 3.38. The Balaban J connectivity index is 1.83. The zero-order chi connectivity index (χ0) is 23.1. The molecule has 0 unspecified atom stereocenters. The van der Waals surface area contributed by atoms with E-state index in [-0.39, 0.29) is 11.0 Å². The van der Waals surface area contributed by atoms with Gasteiger partial charge in [-0.25, -0.2) is 9.97 Å². The number of nitrogens with zero attached hydrogens (tertiary/aromatic N) is 2. The molecule has 0 aliphatic carbocycles. The van der Waals surface area contributed by atoms with Gasteiger partial charge < -0.3 is 15.4 Å². The highest BCUT2D eigenvalue weighted by Gasteiger charge is 2.33. The van der Waals surface area contributed by atoms with Gasteiger partial charge in [0.05, 0.1) is 7.11 Å². The molecule has 166 valence electrons. The number of aromatic nitrogens is 2. The minimum absolute atomic E-state index is 0.0207. The normalized spacial score (nSPS) is 11.0. The molecule has 2 aromatic carbocycles. The Morgan fingerprint density at radius 2 is 1.88 bits per heavy atom. The van der Waals surface area contributed by atoms with E-state index in [1.54, 1.807) is 42.5 Å². The second-order valence-electron chi connectivity index (χ2n) is 6.46. The number of halogens is 3. The van der Waals surface area contributed by atoms with Crippen LogP contribution in [0.1, 0.15) is 11.3 Å². The van der Waals surface area contributed by atoms with Crippen LogP contribution in [0.4, 0.5) is 30.4 Å². The lowest BCUT2D eigenvalue weighted by Gasteiger charge is -2.12. The highest BCUT2D eigenvalue weighted by atomic mass is 32.2. The first kappa shape index (κ1) is 23.1. The molecule has 1 heterocycles. The maximum Gasteiger partial charge on any atom is 0.433 e. The number of anilines is 3. The standard InChI is InChI=1S/C22H19F3N4O2S/c1-3-20(30)27-16-8-5-7-15(11-16)26-19-12-18(22(23,24)25)28-21(29-19)32-13-14-6-4-9-17(10-14)31-2/h3-12H,1,13H2,2H3,(H,27,30)(H,26,28,29). The SMILES string of the molecule is C=CC(=O)Nc1cccc(Nc2cc(C(F)(F)F)nc(SCc3cccc(OC)c3)n2)c1. The quantitative estimate of drug-likeness (QED) is 0.257. The maximum atomic E-state index is 13.4. The number of nitrogens with one attached hydrogen (secondary N) is 2. The Morgan fingerprint density at radius 1 is 1.12 bits per heavy atom. The molecule has 0 saturated heterocycles. The van der Waals surface area contributed by atoms with Crippen LogP contribution in [0.3, 0.4) is 0 Å². The Morgan fingerprint density at radius 3 is 2.59 bits per heavy atom. The number of methoxy groups -OCH3 is 1. The summed E-state index contributed by atoms with van der Waals surface area (Å²) < 4.78 is 45.3. The van der Waals surface area contributed by atoms with Crippen LogP contribution >= 0.6 is 11.8 Å². The fraction of sp³-hybridized carbons (Fsp3) is 0.136. The summed E-state index contributed by atoms with van der Waals surface area (Å²) in [6.07, 6.45) is -3.52. The lowest BCUT2D eigenvalue weighted by Crippen LogP contribution is -2.11. The van der Waals surface area contributed by atoms with Crippen molar-refractivity contribution in [1.82, 2.24) is 9.97 Å². The van der Waals surface area contributed by atoms with Crippen molar-refractivity contribution in [3.63, 3.8) is 0 Å². The van der Waals surface area contributed by atoms with E-state index in [1.807, 2.05) is 6.07 Å². The predicted molar refractivity (Wildman–Crippen MR) is 118 cm³/mol. The Hall–Kier alpha value is -3.53. The van der Waals surface area contributed by atoms with E-state index in [4.69, 9.17) is 4.74 Å². The number of amides is 1. The van der Waals surface area contributed by atoms with E-state index in [2.05, 4.69) is 27.2 Å². The maximum absolute atomic E-state index is 13.4. The summed E-state index contributed by atoms with van der Waals surface area (Å²) >= 11 is 1.08. The fourth-order valence-electron chi connectivity index (χ4n) is 2.62. The van der Waals surface area contributed by atoms with E-state index in [0.717, 1.165) is 29.5 Å². The number of thioether (sulfide) groups is 1. The van der Waals surface area contributed by atoms with Crippen LogP contribution < -0.4 is 15.4 Å². The second kappa shape index (κ2) is 10.2. The molecule has 0 atom stereocenters. The number of alkyl halides is 3. The molecule has 0 bridgehead atoms. The van der Waals surface area contributed by atoms with Crippen molar-refractivity contribution in [3.05, 3.63) is 78.5 Å². The monoisotopic (exact) mass is 460 g/mol. The van der Waals surface area contributed by atoms with Crippen LogP contribution in [0.15, 0.2) is 72.4 Å². The molecule has 2 N–H and O–H groups in total. The van der Waals surface area contributed by atoms with Gasteiger partial charge in [-0.3, -0.25) is 4.79 Å². The first-order valence-electron chi connectivity index (χ1n) is 9.29. The fourth-order valence-corrected chi connectivity index (χ4v) is 3.43. The minimum atomic E-state index is -4.63. The highest BCUT2D eigenvalue weighted by molar-refractivity contribution is 7.98. The molecule has 10 heteroatoms. The molecule has 0 radical (unpaired) electrons. The van der Waals surface area contributed by atoms with E-state index >= 15 is 0 Å². The van der Waals surface area contributed by atoms with Crippen molar-refractivity contribution in [3.8, 4) is 5.75 Å². The van der Waals surface area contributed by atoms with E-state index in [0.29, 0.717) is 22.9 Å². The zero-order valence-electron chi connectivity index (χ0n) is 16.9. The van der Waals surface area contributed by atoms with E-state index in [1.165, 1.54) is 7.11 Å². The minimum Gasteiger partial charge on any atom is -0.497 e. The van der Waals surface area contributed by atoms with Crippen LogP contribution in [0.2, 0.25) is 0 Å². The third-order valence-corrected chi connectivity index (χ3v) is 5.00. The summed E-state index contributed by atoms with van der Waals surface area (Å²) in [4.78, 5) is 19.3. The van der Waals surface area contributed by atoms with Gasteiger partial charge in [-0.05, 0) is 42.0 Å². The number of benzene rings is 2. The van der Waals surface area contributed by atoms with Crippen molar-refractivity contribution < 1.29 is 22.7 Å². The molecular formula is C22H19F3N4O2S. The number of hydrogen-bond acceptors (Lipinski definition) is 6. The van der Waals surface area contributed by atoms with E-state index in [9.17, 15) is 18.0 Å². The van der Waals surface area contributed by atoms with Gasteiger partial charge in [0.1, 0.15) is 11.6 Å². The van der Waals surface area contributed by atoms with Gasteiger partial charge in [0.2, 0.25) is 5.91 Å². The van der Waals surface area contributed by atoms with Gasteiger partial charge in [0.25, 0.3) is 0 Å². The largest absolute Gasteiger partial charge is 0.497 e. The van der Waals surface area contributed by atoms with Crippen molar-refractivity contribution >= 4 is 34.9 Å². The molecule has 0 aliphatic heterocycles. The Labute approximate surface area is 186 Å². The van der Waals surface area contributed by atoms with Crippen LogP contribution in [-0.4, -0.2) is 23.0 Å². The number of carbonyl (C=O) groups is 1. The Bertz CT molecular complexity index is 1120. The van der Waals surface area contributed by atoms with Crippen molar-refractivity contribution in [1.29, 1.82) is 0 Å². The first-order valence-corrected chi connectivity index (χ1v) is 10.3. The average molecular weight is 460 g/mol. The summed E-state index contributed by atoms with van der Waals surface area (Å²) in [5.41, 5.74) is 0.704. The summed E-state index contributed by atoms with van der Waals surface area (Å²) in [5.74, 6) is 0.590. The molecule has 32 heavy (non-hydrogen) atoms. The molecule has 6 nitrogen and oxygen atoms in total. The van der Waals surface area contributed by atoms with Gasteiger partial charge in [-0.1, -0.05) is 36.5 Å². The summed E-state index contributed by atoms with van der Waals surface area (Å²) in [5, 5.41) is 5.41. The molecule has 0 saturated carbocycles. The highest BCUT2D eigenvalue weighted by Crippen LogP contribution is 2.32. The first-order chi connectivity index (χ1) is 15.3. The van der Waals surface area contributed by atoms with Crippen LogP contribution in [0.25, 0.3) is 0 Å². The van der Waals surface area contributed by atoms with Gasteiger partial charge in [0.15, 0.2) is 10.9 Å². The molecule has 0 spiro atoms. The number of rotatable bonds is 8. The van der Waals surface area contributed by atoms with Crippen LogP contribution in [0, 0.1) is 0 Å². The van der Waals surface area contributed by atoms with Gasteiger partial charge in [-0.2, -0.15) is 13.2 Å². The van der Waals surface area contributed by atoms with Gasteiger partial charge in [0, 0.05) is 23.2 Å². The summed E-state index contributed by atoms with van der Waals surface area (Å²) in [7, 11) is 1.54. The van der Waals surface area contributed by atoms with Crippen LogP contribution in [0.5, 0.6) is 5.75 Å². The smallest absolute Gasteiger partial charge is 0.433 e. The van der Waals surface area contributed by atoms with E-state index < -0.39 is 17.8 Å². The number of hydrogen-bond donors (Lipinski definition) is 2.